The van der Waals surface area contributed by atoms with E-state index in [0.717, 1.165) is 16.5 Å². The van der Waals surface area contributed by atoms with Crippen LogP contribution < -0.4 is 11.1 Å². The van der Waals surface area contributed by atoms with Crippen LogP contribution in [-0.4, -0.2) is 35.1 Å². The average Bonchev–Trinajstić information content (AvgIpc) is 2.98. The first kappa shape index (κ1) is 18.5. The number of ether oxygens (including phenoxy) is 1. The summed E-state index contributed by atoms with van der Waals surface area (Å²) in [6, 6.07) is 6.22. The van der Waals surface area contributed by atoms with Crippen LogP contribution in [0.3, 0.4) is 0 Å². The fourth-order valence-electron chi connectivity index (χ4n) is 3.04. The number of para-hydroxylation sites is 1. The van der Waals surface area contributed by atoms with E-state index in [0.29, 0.717) is 6.42 Å². The minimum Gasteiger partial charge on any atom is -0.464 e. The Balaban J connectivity index is 2.25. The quantitative estimate of drug-likeness (QED) is 0.706. The highest BCUT2D eigenvalue weighted by Gasteiger charge is 2.26. The summed E-state index contributed by atoms with van der Waals surface area (Å²) < 4.78 is 14.6. The fourth-order valence-corrected chi connectivity index (χ4v) is 3.04. The predicted molar refractivity (Wildman–Crippen MR) is 103 cm³/mol. The van der Waals surface area contributed by atoms with Gasteiger partial charge < -0.3 is 20.4 Å². The lowest BCUT2D eigenvalue weighted by molar-refractivity contribution is -0.147. The maximum atomic E-state index is 12.4. The van der Waals surface area contributed by atoms with Crippen molar-refractivity contribution in [3.8, 4) is 0 Å². The maximum absolute atomic E-state index is 12.4. The van der Waals surface area contributed by atoms with Gasteiger partial charge in [0, 0.05) is 31.9 Å². The van der Waals surface area contributed by atoms with E-state index in [9.17, 15) is 9.59 Å². The third kappa shape index (κ3) is 4.85. The second-order valence-electron chi connectivity index (χ2n) is 6.89. The van der Waals surface area contributed by atoms with Crippen LogP contribution in [0, 0.1) is 5.92 Å². The van der Waals surface area contributed by atoms with Gasteiger partial charge in [0.1, 0.15) is 6.04 Å². The van der Waals surface area contributed by atoms with Crippen LogP contribution in [0.1, 0.15) is 34.1 Å². The summed E-state index contributed by atoms with van der Waals surface area (Å²) in [6.45, 7) is 5.95. The van der Waals surface area contributed by atoms with Crippen LogP contribution in [0.5, 0.6) is 0 Å². The molecule has 0 aliphatic heterocycles. The number of nitrogens with one attached hydrogen (secondary N) is 1. The Bertz CT molecular complexity index is 788. The lowest BCUT2D eigenvalue weighted by Gasteiger charge is -2.20. The number of carbonyl (C=O) groups is 2. The van der Waals surface area contributed by atoms with E-state index in [2.05, 4.69) is 5.32 Å². The molecule has 0 unspecified atom stereocenters. The summed E-state index contributed by atoms with van der Waals surface area (Å²) in [7, 11) is 0.0796. The molecule has 1 aromatic carbocycles. The summed E-state index contributed by atoms with van der Waals surface area (Å²) in [6.07, 6.45) is 2.68. The number of aryl methyl sites for hydroxylation is 1. The van der Waals surface area contributed by atoms with E-state index in [1.54, 1.807) is 11.5 Å². The highest BCUT2D eigenvalue weighted by molar-refractivity contribution is 5.89. The van der Waals surface area contributed by atoms with Crippen molar-refractivity contribution in [1.82, 2.24) is 9.88 Å². The lowest BCUT2D eigenvalue weighted by atomic mass is 10.0. The van der Waals surface area contributed by atoms with Crippen molar-refractivity contribution >= 4 is 22.8 Å². The van der Waals surface area contributed by atoms with E-state index < -0.39 is 18.1 Å². The maximum Gasteiger partial charge on any atom is 0.328 e. The number of esters is 1. The average molecular weight is 360 g/mol. The molecule has 3 N–H and O–H groups in total. The minimum absolute atomic E-state index is 0.0796. The van der Waals surface area contributed by atoms with Gasteiger partial charge in [-0.25, -0.2) is 4.79 Å². The Morgan fingerprint density at radius 1 is 1.35 bits per heavy atom. The molecule has 6 heteroatoms. The molecular formula is C20H29N3O3. The molecule has 0 aliphatic rings. The summed E-state index contributed by atoms with van der Waals surface area (Å²) in [5.74, 6) is -0.557. The molecule has 26 heavy (non-hydrogen) atoms. The van der Waals surface area contributed by atoms with Crippen molar-refractivity contribution in [3.05, 3.63) is 36.0 Å². The predicted octanol–water partition coefficient (Wildman–Crippen LogP) is 2.14. The third-order valence-corrected chi connectivity index (χ3v) is 4.24. The first-order chi connectivity index (χ1) is 12.9. The SMILES string of the molecule is [2H]Cn1cc(C[C@H](NC(=O)[C@@H](N)CC(C)C)C(=O)OCC)c2ccccc21. The summed E-state index contributed by atoms with van der Waals surface area (Å²) in [5, 5.41) is 3.71. The van der Waals surface area contributed by atoms with Gasteiger partial charge in [0.2, 0.25) is 5.91 Å². The number of hydrogen-bond donors (Lipinski definition) is 2. The Morgan fingerprint density at radius 3 is 2.73 bits per heavy atom. The molecule has 0 saturated heterocycles. The number of fused-ring (bicyclic) bond motifs is 1. The number of hydrogen-bond acceptors (Lipinski definition) is 4. The van der Waals surface area contributed by atoms with Crippen LogP contribution in [0.2, 0.25) is 0 Å². The molecule has 2 aromatic rings. The molecule has 142 valence electrons. The second kappa shape index (κ2) is 8.85. The Labute approximate surface area is 156 Å². The van der Waals surface area contributed by atoms with Crippen LogP contribution in [-0.2, 0) is 27.8 Å². The van der Waals surface area contributed by atoms with Crippen LogP contribution in [0.4, 0.5) is 0 Å². The van der Waals surface area contributed by atoms with Crippen molar-refractivity contribution < 1.29 is 15.7 Å². The van der Waals surface area contributed by atoms with Crippen LogP contribution in [0.25, 0.3) is 10.9 Å². The fraction of sp³-hybridized carbons (Fsp3) is 0.500. The van der Waals surface area contributed by atoms with Crippen molar-refractivity contribution in [3.63, 3.8) is 0 Å². The van der Waals surface area contributed by atoms with E-state index >= 15 is 0 Å². The van der Waals surface area contributed by atoms with E-state index in [1.807, 2.05) is 44.3 Å². The summed E-state index contributed by atoms with van der Waals surface area (Å²) in [4.78, 5) is 24.9. The number of nitrogens with zero attached hydrogens (tertiary/aromatic N) is 1. The number of rotatable bonds is 8. The van der Waals surface area contributed by atoms with Gasteiger partial charge in [0.15, 0.2) is 0 Å². The van der Waals surface area contributed by atoms with Crippen molar-refractivity contribution in [2.45, 2.75) is 45.7 Å². The van der Waals surface area contributed by atoms with Gasteiger partial charge in [-0.05, 0) is 30.9 Å². The molecule has 1 heterocycles. The highest BCUT2D eigenvalue weighted by atomic mass is 16.5. The number of nitrogens with two attached hydrogens (primary N) is 1. The molecule has 2 atom stereocenters. The Morgan fingerprint density at radius 2 is 2.08 bits per heavy atom. The molecule has 2 rings (SSSR count). The largest absolute Gasteiger partial charge is 0.464 e. The highest BCUT2D eigenvalue weighted by Crippen LogP contribution is 2.22. The Kier molecular flexibility index (Phi) is 6.28. The van der Waals surface area contributed by atoms with E-state index in [4.69, 9.17) is 11.8 Å². The number of carbonyl (C=O) groups excluding carboxylic acids is 2. The zero-order valence-electron chi connectivity index (χ0n) is 16.7. The van der Waals surface area contributed by atoms with Crippen molar-refractivity contribution in [2.24, 2.45) is 18.7 Å². The minimum atomic E-state index is -0.819. The number of aromatic nitrogens is 1. The molecule has 0 bridgehead atoms. The standard InChI is InChI=1S/C20H29N3O3/c1-5-26-20(25)17(22-19(24)16(21)10-13(2)3)11-14-12-23(4)18-9-7-6-8-15(14)18/h6-9,12-13,16-17H,5,10-11,21H2,1-4H3,(H,22,24)/t16-,17-/m0/s1/i4D. The molecule has 0 spiro atoms. The van der Waals surface area contributed by atoms with Crippen molar-refractivity contribution in [1.29, 1.82) is 0 Å². The van der Waals surface area contributed by atoms with Gasteiger partial charge >= 0.3 is 5.97 Å². The second-order valence-corrected chi connectivity index (χ2v) is 6.89. The van der Waals surface area contributed by atoms with Gasteiger partial charge in [-0.15, -0.1) is 0 Å². The molecular weight excluding hydrogens is 330 g/mol. The first-order valence-electron chi connectivity index (χ1n) is 9.66. The molecule has 0 saturated carbocycles. The van der Waals surface area contributed by atoms with Gasteiger partial charge in [-0.3, -0.25) is 4.79 Å². The number of benzene rings is 1. The van der Waals surface area contributed by atoms with Gasteiger partial charge in [-0.1, -0.05) is 32.0 Å². The first-order valence-corrected chi connectivity index (χ1v) is 8.95. The topological polar surface area (TPSA) is 86.4 Å². The molecule has 0 radical (unpaired) electrons. The van der Waals surface area contributed by atoms with E-state index in [1.165, 1.54) is 0 Å². The van der Waals surface area contributed by atoms with Gasteiger partial charge in [0.05, 0.1) is 12.6 Å². The van der Waals surface area contributed by atoms with Crippen LogP contribution >= 0.6 is 0 Å². The smallest absolute Gasteiger partial charge is 0.328 e. The molecule has 6 nitrogen and oxygen atoms in total. The monoisotopic (exact) mass is 360 g/mol. The molecule has 1 aromatic heterocycles. The molecule has 0 fully saturated rings. The zero-order chi connectivity index (χ0) is 20.0. The molecule has 0 aliphatic carbocycles. The number of amides is 1. The van der Waals surface area contributed by atoms with Gasteiger partial charge in [0.25, 0.3) is 0 Å². The van der Waals surface area contributed by atoms with Crippen molar-refractivity contribution in [2.75, 3.05) is 6.61 Å². The van der Waals surface area contributed by atoms with Crippen LogP contribution in [0.15, 0.2) is 30.5 Å². The summed E-state index contributed by atoms with van der Waals surface area (Å²) >= 11 is 0. The van der Waals surface area contributed by atoms with Gasteiger partial charge in [-0.2, -0.15) is 0 Å². The summed E-state index contributed by atoms with van der Waals surface area (Å²) in [5.41, 5.74) is 7.76. The van der Waals surface area contributed by atoms with E-state index in [-0.39, 0.29) is 31.9 Å². The zero-order valence-corrected chi connectivity index (χ0v) is 15.7. The molecule has 1 amide bonds. The normalized spacial score (nSPS) is 14.1. The Hall–Kier alpha value is -2.34. The third-order valence-electron chi connectivity index (χ3n) is 4.24. The lowest BCUT2D eigenvalue weighted by Crippen LogP contribution is -2.50.